The van der Waals surface area contributed by atoms with Gasteiger partial charge in [0, 0.05) is 23.9 Å². The topological polar surface area (TPSA) is 59.0 Å². The van der Waals surface area contributed by atoms with Gasteiger partial charge < -0.3 is 5.32 Å². The molecule has 0 saturated carbocycles. The van der Waals surface area contributed by atoms with Crippen LogP contribution < -0.4 is 10.6 Å². The summed E-state index contributed by atoms with van der Waals surface area (Å²) in [7, 11) is 0. The van der Waals surface area contributed by atoms with Crippen molar-refractivity contribution in [3.8, 4) is 5.69 Å². The molecule has 5 nitrogen and oxygen atoms in total. The van der Waals surface area contributed by atoms with Crippen LogP contribution in [0.15, 0.2) is 60.8 Å². The molecule has 134 valence electrons. The first kappa shape index (κ1) is 17.6. The number of para-hydroxylation sites is 1. The Bertz CT molecular complexity index is 875. The van der Waals surface area contributed by atoms with Gasteiger partial charge in [0.1, 0.15) is 11.6 Å². The molecule has 1 atom stereocenters. The van der Waals surface area contributed by atoms with Crippen LogP contribution in [0.4, 0.5) is 19.4 Å². The van der Waals surface area contributed by atoms with Crippen LogP contribution >= 0.6 is 0 Å². The molecule has 0 aliphatic heterocycles. The highest BCUT2D eigenvalue weighted by Gasteiger charge is 2.15. The van der Waals surface area contributed by atoms with Crippen LogP contribution in [0.5, 0.6) is 0 Å². The Hall–Kier alpha value is -3.22. The van der Waals surface area contributed by atoms with E-state index in [1.54, 1.807) is 23.9 Å². The predicted octanol–water partition coefficient (Wildman–Crippen LogP) is 3.90. The Kier molecular flexibility index (Phi) is 5.26. The second-order valence-corrected chi connectivity index (χ2v) is 5.88. The smallest absolute Gasteiger partial charge is 0.320 e. The monoisotopic (exact) mass is 356 g/mol. The number of urea groups is 1. The van der Waals surface area contributed by atoms with Gasteiger partial charge >= 0.3 is 6.03 Å². The Morgan fingerprint density at radius 3 is 2.46 bits per heavy atom. The van der Waals surface area contributed by atoms with E-state index < -0.39 is 23.7 Å². The number of anilines is 1. The Morgan fingerprint density at radius 1 is 1.08 bits per heavy atom. The van der Waals surface area contributed by atoms with E-state index in [1.165, 1.54) is 18.2 Å². The number of nitrogens with one attached hydrogen (secondary N) is 2. The van der Waals surface area contributed by atoms with Gasteiger partial charge in [-0.15, -0.1) is 5.10 Å². The van der Waals surface area contributed by atoms with Gasteiger partial charge in [-0.2, -0.15) is 0 Å². The van der Waals surface area contributed by atoms with Crippen LogP contribution in [0.1, 0.15) is 12.5 Å². The summed E-state index contributed by atoms with van der Waals surface area (Å²) in [6.45, 7) is 1.67. The summed E-state index contributed by atoms with van der Waals surface area (Å²) >= 11 is 0. The summed E-state index contributed by atoms with van der Waals surface area (Å²) in [6.07, 6.45) is 1.77. The van der Waals surface area contributed by atoms with Crippen molar-refractivity contribution >= 4 is 11.8 Å². The van der Waals surface area contributed by atoms with Crippen molar-refractivity contribution in [1.29, 1.82) is 0 Å². The molecule has 1 heterocycles. The van der Waals surface area contributed by atoms with E-state index in [1.807, 2.05) is 30.3 Å². The van der Waals surface area contributed by atoms with E-state index in [0.717, 1.165) is 5.69 Å². The maximum atomic E-state index is 13.7. The molecule has 0 aliphatic rings. The first-order valence-electron chi connectivity index (χ1n) is 8.14. The van der Waals surface area contributed by atoms with Gasteiger partial charge in [0.05, 0.1) is 5.69 Å². The molecule has 0 aliphatic carbocycles. The molecule has 0 bridgehead atoms. The molecule has 0 saturated heterocycles. The molecule has 2 amide bonds. The van der Waals surface area contributed by atoms with Crippen LogP contribution in [-0.4, -0.2) is 21.9 Å². The number of halogens is 2. The SMILES string of the molecule is CC(Cc1c(F)cccc1F)NC(=O)Nc1ccn(-c2ccccc2)n1. The highest BCUT2D eigenvalue weighted by atomic mass is 19.1. The van der Waals surface area contributed by atoms with E-state index >= 15 is 0 Å². The van der Waals surface area contributed by atoms with E-state index in [0.29, 0.717) is 5.82 Å². The summed E-state index contributed by atoms with van der Waals surface area (Å²) in [6, 6.07) is 13.9. The standard InChI is InChI=1S/C19H18F2N4O/c1-13(12-15-16(20)8-5-9-17(15)21)22-19(26)23-18-10-11-25(24-18)14-6-3-2-4-7-14/h2-11,13H,12H2,1H3,(H2,22,23,24,26). The van der Waals surface area contributed by atoms with Crippen LogP contribution in [0.3, 0.4) is 0 Å². The van der Waals surface area contributed by atoms with Gasteiger partial charge in [0.25, 0.3) is 0 Å². The Balaban J connectivity index is 1.58. The second kappa shape index (κ2) is 7.77. The van der Waals surface area contributed by atoms with E-state index in [2.05, 4.69) is 15.7 Å². The zero-order valence-corrected chi connectivity index (χ0v) is 14.1. The van der Waals surface area contributed by atoms with Crippen molar-refractivity contribution in [3.63, 3.8) is 0 Å². The fourth-order valence-electron chi connectivity index (χ4n) is 2.58. The molecule has 1 aromatic heterocycles. The Labute approximate surface area is 149 Å². The largest absolute Gasteiger partial charge is 0.335 e. The summed E-state index contributed by atoms with van der Waals surface area (Å²) in [4.78, 5) is 12.1. The maximum Gasteiger partial charge on any atom is 0.320 e. The predicted molar refractivity (Wildman–Crippen MR) is 95.2 cm³/mol. The van der Waals surface area contributed by atoms with Crippen molar-refractivity contribution in [2.45, 2.75) is 19.4 Å². The van der Waals surface area contributed by atoms with Crippen molar-refractivity contribution < 1.29 is 13.6 Å². The molecule has 3 aromatic rings. The average molecular weight is 356 g/mol. The summed E-state index contributed by atoms with van der Waals surface area (Å²) in [5.41, 5.74) is 0.818. The normalized spacial score (nSPS) is 11.8. The third-order valence-corrected chi connectivity index (χ3v) is 3.80. The number of benzene rings is 2. The quantitative estimate of drug-likeness (QED) is 0.728. The van der Waals surface area contributed by atoms with Crippen molar-refractivity contribution in [3.05, 3.63) is 78.0 Å². The summed E-state index contributed by atoms with van der Waals surface area (Å²) < 4.78 is 29.0. The molecular formula is C19H18F2N4O. The van der Waals surface area contributed by atoms with Gasteiger partial charge in [-0.25, -0.2) is 18.3 Å². The number of amides is 2. The van der Waals surface area contributed by atoms with E-state index in [-0.39, 0.29) is 12.0 Å². The fourth-order valence-corrected chi connectivity index (χ4v) is 2.58. The van der Waals surface area contributed by atoms with Crippen LogP contribution in [-0.2, 0) is 6.42 Å². The minimum Gasteiger partial charge on any atom is -0.335 e. The molecule has 0 spiro atoms. The second-order valence-electron chi connectivity index (χ2n) is 5.88. The lowest BCUT2D eigenvalue weighted by Gasteiger charge is -2.15. The number of hydrogen-bond donors (Lipinski definition) is 2. The van der Waals surface area contributed by atoms with Crippen molar-refractivity contribution in [1.82, 2.24) is 15.1 Å². The average Bonchev–Trinajstić information content (AvgIpc) is 3.07. The zero-order chi connectivity index (χ0) is 18.5. The maximum absolute atomic E-state index is 13.7. The van der Waals surface area contributed by atoms with Gasteiger partial charge in [0.15, 0.2) is 5.82 Å². The molecular weight excluding hydrogens is 338 g/mol. The number of nitrogens with zero attached hydrogens (tertiary/aromatic N) is 2. The van der Waals surface area contributed by atoms with Crippen LogP contribution in [0.2, 0.25) is 0 Å². The molecule has 26 heavy (non-hydrogen) atoms. The van der Waals surface area contributed by atoms with Gasteiger partial charge in [-0.05, 0) is 37.6 Å². The third kappa shape index (κ3) is 4.24. The molecule has 0 radical (unpaired) electrons. The van der Waals surface area contributed by atoms with Gasteiger partial charge in [0.2, 0.25) is 0 Å². The van der Waals surface area contributed by atoms with Crippen LogP contribution in [0, 0.1) is 11.6 Å². The number of hydrogen-bond acceptors (Lipinski definition) is 2. The lowest BCUT2D eigenvalue weighted by molar-refractivity contribution is 0.249. The number of aromatic nitrogens is 2. The molecule has 2 N–H and O–H groups in total. The van der Waals surface area contributed by atoms with E-state index in [4.69, 9.17) is 0 Å². The minimum atomic E-state index is -0.624. The lowest BCUT2D eigenvalue weighted by atomic mass is 10.1. The molecule has 7 heteroatoms. The van der Waals surface area contributed by atoms with E-state index in [9.17, 15) is 13.6 Å². The molecule has 1 unspecified atom stereocenters. The van der Waals surface area contributed by atoms with Gasteiger partial charge in [-0.1, -0.05) is 24.3 Å². The lowest BCUT2D eigenvalue weighted by Crippen LogP contribution is -2.37. The Morgan fingerprint density at radius 2 is 1.77 bits per heavy atom. The highest BCUT2D eigenvalue weighted by molar-refractivity contribution is 5.88. The first-order chi connectivity index (χ1) is 12.5. The van der Waals surface area contributed by atoms with Crippen molar-refractivity contribution in [2.24, 2.45) is 0 Å². The number of rotatable bonds is 5. The molecule has 0 fully saturated rings. The van der Waals surface area contributed by atoms with Crippen LogP contribution in [0.25, 0.3) is 5.69 Å². The number of carbonyl (C=O) groups excluding carboxylic acids is 1. The van der Waals surface area contributed by atoms with Gasteiger partial charge in [-0.3, -0.25) is 5.32 Å². The first-order valence-corrected chi connectivity index (χ1v) is 8.14. The third-order valence-electron chi connectivity index (χ3n) is 3.80. The molecule has 3 rings (SSSR count). The zero-order valence-electron chi connectivity index (χ0n) is 14.1. The van der Waals surface area contributed by atoms with Crippen molar-refractivity contribution in [2.75, 3.05) is 5.32 Å². The summed E-state index contributed by atoms with van der Waals surface area (Å²) in [5.74, 6) is -0.878. The molecule has 2 aromatic carbocycles. The number of carbonyl (C=O) groups is 1. The fraction of sp³-hybridized carbons (Fsp3) is 0.158. The summed E-state index contributed by atoms with van der Waals surface area (Å²) in [5, 5.41) is 9.52. The highest BCUT2D eigenvalue weighted by Crippen LogP contribution is 2.14. The minimum absolute atomic E-state index is 0.0460.